The molecule has 0 aliphatic rings. The fourth-order valence-corrected chi connectivity index (χ4v) is 2.00. The first-order chi connectivity index (χ1) is 9.20. The van der Waals surface area contributed by atoms with Gasteiger partial charge in [0.25, 0.3) is 0 Å². The lowest BCUT2D eigenvalue weighted by atomic mass is 10.0. The zero-order valence-electron chi connectivity index (χ0n) is 11.0. The van der Waals surface area contributed by atoms with Crippen molar-refractivity contribution in [2.45, 2.75) is 12.5 Å². The molecule has 3 N–H and O–H groups in total. The molecule has 1 unspecified atom stereocenters. The minimum absolute atomic E-state index is 0.132. The first-order valence-corrected chi connectivity index (χ1v) is 6.32. The highest BCUT2D eigenvalue weighted by molar-refractivity contribution is 5.81. The summed E-state index contributed by atoms with van der Waals surface area (Å²) in [4.78, 5) is 11.4. The van der Waals surface area contributed by atoms with E-state index in [1.54, 1.807) is 7.05 Å². The molecule has 0 aliphatic carbocycles. The van der Waals surface area contributed by atoms with Crippen LogP contribution in [0.2, 0.25) is 0 Å². The lowest BCUT2D eigenvalue weighted by Crippen LogP contribution is -2.40. The second-order valence-corrected chi connectivity index (χ2v) is 4.49. The standard InChI is InChI=1S/C16H18N2O/c1-18-16(19)15(17)11-12-7-9-14(10-8-12)13-5-3-2-4-6-13/h2-10,15H,11,17H2,1H3,(H,18,19). The number of amides is 1. The van der Waals surface area contributed by atoms with Crippen LogP contribution in [-0.4, -0.2) is 19.0 Å². The molecule has 0 radical (unpaired) electrons. The highest BCUT2D eigenvalue weighted by atomic mass is 16.2. The van der Waals surface area contributed by atoms with E-state index in [4.69, 9.17) is 5.73 Å². The normalized spacial score (nSPS) is 11.9. The SMILES string of the molecule is CNC(=O)C(N)Cc1ccc(-c2ccccc2)cc1. The van der Waals surface area contributed by atoms with Crippen molar-refractivity contribution < 1.29 is 4.79 Å². The van der Waals surface area contributed by atoms with Crippen molar-refractivity contribution >= 4 is 5.91 Å². The molecule has 3 nitrogen and oxygen atoms in total. The van der Waals surface area contributed by atoms with E-state index in [9.17, 15) is 4.79 Å². The molecular formula is C16H18N2O. The summed E-state index contributed by atoms with van der Waals surface area (Å²) in [6, 6.07) is 17.8. The molecule has 19 heavy (non-hydrogen) atoms. The summed E-state index contributed by atoms with van der Waals surface area (Å²) in [6.07, 6.45) is 0.550. The number of hydrogen-bond acceptors (Lipinski definition) is 2. The summed E-state index contributed by atoms with van der Waals surface area (Å²) < 4.78 is 0. The summed E-state index contributed by atoms with van der Waals surface area (Å²) >= 11 is 0. The Morgan fingerprint density at radius 1 is 1.05 bits per heavy atom. The zero-order chi connectivity index (χ0) is 13.7. The smallest absolute Gasteiger partial charge is 0.237 e. The first kappa shape index (κ1) is 13.3. The van der Waals surface area contributed by atoms with Crippen LogP contribution in [0.5, 0.6) is 0 Å². The van der Waals surface area contributed by atoms with Gasteiger partial charge in [-0.1, -0.05) is 54.6 Å². The van der Waals surface area contributed by atoms with Crippen molar-refractivity contribution in [1.82, 2.24) is 5.32 Å². The van der Waals surface area contributed by atoms with E-state index in [2.05, 4.69) is 29.6 Å². The van der Waals surface area contributed by atoms with Crippen molar-refractivity contribution in [3.05, 3.63) is 60.2 Å². The Labute approximate surface area is 113 Å². The molecule has 2 rings (SSSR count). The maximum Gasteiger partial charge on any atom is 0.237 e. The quantitative estimate of drug-likeness (QED) is 0.876. The van der Waals surface area contributed by atoms with Gasteiger partial charge in [0.2, 0.25) is 5.91 Å². The highest BCUT2D eigenvalue weighted by Crippen LogP contribution is 2.19. The van der Waals surface area contributed by atoms with Crippen LogP contribution >= 0.6 is 0 Å². The van der Waals surface area contributed by atoms with Crippen LogP contribution in [0.4, 0.5) is 0 Å². The van der Waals surface area contributed by atoms with Gasteiger partial charge in [-0.05, 0) is 23.1 Å². The van der Waals surface area contributed by atoms with E-state index in [1.165, 1.54) is 5.56 Å². The summed E-state index contributed by atoms with van der Waals surface area (Å²) in [6.45, 7) is 0. The van der Waals surface area contributed by atoms with Gasteiger partial charge in [0, 0.05) is 7.05 Å². The van der Waals surface area contributed by atoms with Crippen LogP contribution in [0.1, 0.15) is 5.56 Å². The van der Waals surface area contributed by atoms with Gasteiger partial charge in [-0.25, -0.2) is 0 Å². The van der Waals surface area contributed by atoms with Gasteiger partial charge in [0.15, 0.2) is 0 Å². The lowest BCUT2D eigenvalue weighted by molar-refractivity contribution is -0.121. The van der Waals surface area contributed by atoms with Crippen LogP contribution in [0.15, 0.2) is 54.6 Å². The summed E-state index contributed by atoms with van der Waals surface area (Å²) in [5, 5.41) is 2.56. The molecule has 2 aromatic rings. The number of likely N-dealkylation sites (N-methyl/N-ethyl adjacent to an activating group) is 1. The van der Waals surface area contributed by atoms with E-state index < -0.39 is 6.04 Å². The molecule has 0 fully saturated rings. The topological polar surface area (TPSA) is 55.1 Å². The molecule has 2 aromatic carbocycles. The zero-order valence-corrected chi connectivity index (χ0v) is 11.0. The monoisotopic (exact) mass is 254 g/mol. The van der Waals surface area contributed by atoms with Gasteiger partial charge in [-0.2, -0.15) is 0 Å². The molecule has 0 bridgehead atoms. The van der Waals surface area contributed by atoms with Crippen LogP contribution in [0.25, 0.3) is 11.1 Å². The van der Waals surface area contributed by atoms with Crippen LogP contribution in [0.3, 0.4) is 0 Å². The van der Waals surface area contributed by atoms with Crippen molar-refractivity contribution in [3.8, 4) is 11.1 Å². The molecule has 1 atom stereocenters. The third-order valence-electron chi connectivity index (χ3n) is 3.10. The number of hydrogen-bond donors (Lipinski definition) is 2. The van der Waals surface area contributed by atoms with E-state index in [0.29, 0.717) is 6.42 Å². The van der Waals surface area contributed by atoms with E-state index in [0.717, 1.165) is 11.1 Å². The van der Waals surface area contributed by atoms with Crippen molar-refractivity contribution in [2.75, 3.05) is 7.05 Å². The number of nitrogens with two attached hydrogens (primary N) is 1. The van der Waals surface area contributed by atoms with Gasteiger partial charge in [-0.15, -0.1) is 0 Å². The van der Waals surface area contributed by atoms with E-state index in [-0.39, 0.29) is 5.91 Å². The minimum atomic E-state index is -0.493. The van der Waals surface area contributed by atoms with Gasteiger partial charge >= 0.3 is 0 Å². The summed E-state index contributed by atoms with van der Waals surface area (Å²) in [5.41, 5.74) is 9.21. The molecule has 98 valence electrons. The molecule has 0 heterocycles. The molecule has 0 spiro atoms. The fraction of sp³-hybridized carbons (Fsp3) is 0.188. The predicted molar refractivity (Wildman–Crippen MR) is 77.6 cm³/mol. The molecule has 3 heteroatoms. The Hall–Kier alpha value is -2.13. The first-order valence-electron chi connectivity index (χ1n) is 6.32. The van der Waals surface area contributed by atoms with Crippen LogP contribution < -0.4 is 11.1 Å². The van der Waals surface area contributed by atoms with Gasteiger partial charge < -0.3 is 11.1 Å². The van der Waals surface area contributed by atoms with Crippen molar-refractivity contribution in [3.63, 3.8) is 0 Å². The highest BCUT2D eigenvalue weighted by Gasteiger charge is 2.11. The number of rotatable bonds is 4. The average molecular weight is 254 g/mol. The second-order valence-electron chi connectivity index (χ2n) is 4.49. The maximum atomic E-state index is 11.4. The van der Waals surface area contributed by atoms with Crippen molar-refractivity contribution in [2.24, 2.45) is 5.73 Å². The van der Waals surface area contributed by atoms with Crippen LogP contribution in [-0.2, 0) is 11.2 Å². The number of benzene rings is 2. The molecule has 0 aliphatic heterocycles. The van der Waals surface area contributed by atoms with E-state index >= 15 is 0 Å². The molecule has 1 amide bonds. The largest absolute Gasteiger partial charge is 0.358 e. The van der Waals surface area contributed by atoms with Gasteiger partial charge in [0.1, 0.15) is 0 Å². The molecule has 0 saturated heterocycles. The Bertz CT molecular complexity index is 534. The third-order valence-corrected chi connectivity index (χ3v) is 3.10. The number of carbonyl (C=O) groups is 1. The second kappa shape index (κ2) is 6.16. The summed E-state index contributed by atoms with van der Waals surface area (Å²) in [7, 11) is 1.60. The van der Waals surface area contributed by atoms with Crippen LogP contribution in [0, 0.1) is 0 Å². The predicted octanol–water partition coefficient (Wildman–Crippen LogP) is 1.97. The number of carbonyl (C=O) groups excluding carboxylic acids is 1. The molecule has 0 aromatic heterocycles. The fourth-order valence-electron chi connectivity index (χ4n) is 2.00. The minimum Gasteiger partial charge on any atom is -0.358 e. The Morgan fingerprint density at radius 2 is 1.63 bits per heavy atom. The van der Waals surface area contributed by atoms with E-state index in [1.807, 2.05) is 30.3 Å². The molecular weight excluding hydrogens is 236 g/mol. The average Bonchev–Trinajstić information content (AvgIpc) is 2.48. The Kier molecular flexibility index (Phi) is 4.31. The number of nitrogens with one attached hydrogen (secondary N) is 1. The van der Waals surface area contributed by atoms with Gasteiger partial charge in [0.05, 0.1) is 6.04 Å². The third kappa shape index (κ3) is 3.42. The van der Waals surface area contributed by atoms with Gasteiger partial charge in [-0.3, -0.25) is 4.79 Å². The Balaban J connectivity index is 2.09. The molecule has 0 saturated carbocycles. The van der Waals surface area contributed by atoms with Crippen molar-refractivity contribution in [1.29, 1.82) is 0 Å². The Morgan fingerprint density at radius 3 is 2.21 bits per heavy atom. The summed E-state index contributed by atoms with van der Waals surface area (Å²) in [5.74, 6) is -0.132. The maximum absolute atomic E-state index is 11.4. The lowest BCUT2D eigenvalue weighted by Gasteiger charge is -2.10.